The number of hydrogen-bond donors (Lipinski definition) is 8. The summed E-state index contributed by atoms with van der Waals surface area (Å²) in [7, 11) is 0. The van der Waals surface area contributed by atoms with Gasteiger partial charge in [0.15, 0.2) is 12.1 Å². The van der Waals surface area contributed by atoms with Gasteiger partial charge in [-0.1, -0.05) is 13.8 Å². The first kappa shape index (κ1) is 27.7. The summed E-state index contributed by atoms with van der Waals surface area (Å²) >= 11 is 3.80. The van der Waals surface area contributed by atoms with Crippen molar-refractivity contribution in [1.29, 1.82) is 0 Å². The van der Waals surface area contributed by atoms with Gasteiger partial charge >= 0.3 is 5.97 Å². The van der Waals surface area contributed by atoms with E-state index in [4.69, 9.17) is 20.3 Å². The highest BCUT2D eigenvalue weighted by atomic mass is 32.1. The van der Waals surface area contributed by atoms with Crippen LogP contribution in [-0.4, -0.2) is 105 Å². The van der Waals surface area contributed by atoms with Crippen molar-refractivity contribution in [3.63, 3.8) is 0 Å². The number of fused-ring (bicyclic) bond motifs is 2. The molecule has 0 saturated carbocycles. The summed E-state index contributed by atoms with van der Waals surface area (Å²) in [5.41, 5.74) is 4.95. The monoisotopic (exact) mass is 467 g/mol. The molecule has 12 nitrogen and oxygen atoms in total. The van der Waals surface area contributed by atoms with E-state index >= 15 is 0 Å². The quantitative estimate of drug-likeness (QED) is 0.177. The molecule has 31 heavy (non-hydrogen) atoms. The molecule has 1 amide bonds. The summed E-state index contributed by atoms with van der Waals surface area (Å²) in [5.74, 6) is -1.82. The number of ketones is 1. The molecule has 180 valence electrons. The molecular weight excluding hydrogens is 434 g/mol. The van der Waals surface area contributed by atoms with Gasteiger partial charge in [-0.15, -0.1) is 0 Å². The first-order valence-corrected chi connectivity index (χ1v) is 10.6. The average molecular weight is 468 g/mol. The molecule has 0 radical (unpaired) electrons. The highest BCUT2D eigenvalue weighted by Crippen LogP contribution is 2.29. The molecule has 8 unspecified atom stereocenters. The van der Waals surface area contributed by atoms with Crippen LogP contribution in [0.3, 0.4) is 0 Å². The van der Waals surface area contributed by atoms with Gasteiger partial charge < -0.3 is 46.3 Å². The van der Waals surface area contributed by atoms with Gasteiger partial charge in [0.25, 0.3) is 0 Å². The zero-order valence-corrected chi connectivity index (χ0v) is 18.6. The number of aliphatic carboxylic acids is 1. The van der Waals surface area contributed by atoms with Crippen LogP contribution in [0.25, 0.3) is 0 Å². The predicted octanol–water partition coefficient (Wildman–Crippen LogP) is -3.02. The van der Waals surface area contributed by atoms with E-state index in [1.165, 1.54) is 6.92 Å². The molecule has 2 fully saturated rings. The summed E-state index contributed by atoms with van der Waals surface area (Å²) < 4.78 is 10.7. The van der Waals surface area contributed by atoms with E-state index in [1.54, 1.807) is 13.8 Å². The topological polar surface area (TPSA) is 201 Å². The molecule has 8 N–H and O–H groups in total. The van der Waals surface area contributed by atoms with Crippen molar-refractivity contribution >= 4 is 30.3 Å². The predicted molar refractivity (Wildman–Crippen MR) is 111 cm³/mol. The number of amides is 1. The van der Waals surface area contributed by atoms with Gasteiger partial charge in [-0.05, 0) is 6.92 Å². The summed E-state index contributed by atoms with van der Waals surface area (Å²) in [4.78, 5) is 36.2. The number of nitrogens with one attached hydrogen (secondary N) is 2. The van der Waals surface area contributed by atoms with Gasteiger partial charge in [0.2, 0.25) is 5.91 Å². The van der Waals surface area contributed by atoms with Crippen LogP contribution in [0.5, 0.6) is 0 Å². The number of Topliss-reactive ketones (excluding diaryl/α,β-unsaturated/α-hetero) is 1. The van der Waals surface area contributed by atoms with Crippen molar-refractivity contribution in [2.24, 2.45) is 5.73 Å². The Morgan fingerprint density at radius 3 is 2.23 bits per heavy atom. The molecule has 0 spiro atoms. The Kier molecular flexibility index (Phi) is 11.3. The molecule has 8 atom stereocenters. The number of ether oxygens (including phenoxy) is 2. The normalized spacial score (nSPS) is 33.7. The molecule has 2 heterocycles. The average Bonchev–Trinajstić information content (AvgIpc) is 2.81. The number of carboxylic acids is 1. The Balaban J connectivity index is 0.00000110. The van der Waals surface area contributed by atoms with E-state index in [9.17, 15) is 29.7 Å². The number of hydrogen-bond acceptors (Lipinski definition) is 11. The minimum Gasteiger partial charge on any atom is -0.481 e. The summed E-state index contributed by atoms with van der Waals surface area (Å²) in [6.07, 6.45) is -9.19. The van der Waals surface area contributed by atoms with Crippen molar-refractivity contribution in [2.45, 2.75) is 82.1 Å². The molecule has 0 aromatic carbocycles. The molecule has 2 aliphatic rings. The Labute approximate surface area is 185 Å². The van der Waals surface area contributed by atoms with Crippen LogP contribution >= 0.6 is 12.6 Å². The first-order valence-electron chi connectivity index (χ1n) is 9.92. The lowest BCUT2D eigenvalue weighted by Gasteiger charge is -2.40. The van der Waals surface area contributed by atoms with Crippen LogP contribution in [0.15, 0.2) is 0 Å². The van der Waals surface area contributed by atoms with Crippen molar-refractivity contribution in [3.05, 3.63) is 0 Å². The standard InChI is InChI=1S/C16H26N2O9.C2H7NS/c1-5(2)17-7(4-8(19)20)15(25)18-9-10(21)6(3)26-16-13(24)11(22)12(23)14(9)27-16;3-1-2-4/h5-7,9,11-14,16-17,22-24H,4H2,1-3H3,(H,18,25)(H,19,20);4H,1-3H2. The maximum absolute atomic E-state index is 12.6. The fourth-order valence-corrected chi connectivity index (χ4v) is 3.16. The van der Waals surface area contributed by atoms with E-state index in [2.05, 4.69) is 23.3 Å². The van der Waals surface area contributed by atoms with Gasteiger partial charge in [0.1, 0.15) is 36.6 Å². The number of aliphatic hydroxyl groups excluding tert-OH is 3. The maximum atomic E-state index is 12.6. The zero-order chi connectivity index (χ0) is 23.9. The SMILES string of the molecule is CC(C)NC(CC(=O)O)C(=O)NC1C(=O)C(C)OC2OC1C(O)C(O)C2O.NCCS. The number of nitrogens with two attached hydrogens (primary N) is 1. The number of carbonyl (C=O) groups is 3. The fraction of sp³-hybridized carbons (Fsp3) is 0.833. The van der Waals surface area contributed by atoms with Crippen LogP contribution in [0, 0.1) is 0 Å². The molecule has 2 aliphatic heterocycles. The summed E-state index contributed by atoms with van der Waals surface area (Å²) in [6.45, 7) is 5.53. The smallest absolute Gasteiger partial charge is 0.305 e. The molecule has 0 aromatic heterocycles. The third kappa shape index (κ3) is 7.64. The van der Waals surface area contributed by atoms with Crippen LogP contribution in [0.2, 0.25) is 0 Å². The lowest BCUT2D eigenvalue weighted by atomic mass is 9.91. The van der Waals surface area contributed by atoms with Gasteiger partial charge in [-0.3, -0.25) is 14.4 Å². The van der Waals surface area contributed by atoms with Gasteiger partial charge in [-0.2, -0.15) is 12.6 Å². The van der Waals surface area contributed by atoms with Gasteiger partial charge in [0.05, 0.1) is 12.5 Å². The number of aliphatic hydroxyl groups is 3. The van der Waals surface area contributed by atoms with Crippen molar-refractivity contribution in [3.8, 4) is 0 Å². The lowest BCUT2D eigenvalue weighted by molar-refractivity contribution is -0.295. The summed E-state index contributed by atoms with van der Waals surface area (Å²) in [6, 6.07) is -2.72. The first-order chi connectivity index (χ1) is 14.4. The Hall–Kier alpha value is -1.32. The third-order valence-corrected chi connectivity index (χ3v) is 4.90. The number of carboxylic acid groups (broad SMARTS) is 1. The number of thiol groups is 1. The molecule has 2 saturated heterocycles. The Morgan fingerprint density at radius 2 is 1.74 bits per heavy atom. The Bertz CT molecular complexity index is 622. The second-order valence-corrected chi connectivity index (χ2v) is 8.04. The van der Waals surface area contributed by atoms with E-state index in [0.717, 1.165) is 5.75 Å². The lowest BCUT2D eigenvalue weighted by Crippen LogP contribution is -2.64. The molecular formula is C18H33N3O9S. The van der Waals surface area contributed by atoms with Crippen molar-refractivity contribution in [2.75, 3.05) is 12.3 Å². The van der Waals surface area contributed by atoms with Crippen molar-refractivity contribution < 1.29 is 44.3 Å². The molecule has 13 heteroatoms. The second kappa shape index (κ2) is 12.6. The highest BCUT2D eigenvalue weighted by Gasteiger charge is 2.53. The van der Waals surface area contributed by atoms with E-state index in [1.807, 2.05) is 0 Å². The minimum absolute atomic E-state index is 0.204. The third-order valence-electron chi connectivity index (χ3n) is 4.64. The van der Waals surface area contributed by atoms with E-state index in [0.29, 0.717) is 6.54 Å². The zero-order valence-electron chi connectivity index (χ0n) is 17.7. The number of rotatable bonds is 7. The van der Waals surface area contributed by atoms with Crippen molar-refractivity contribution in [1.82, 2.24) is 10.6 Å². The van der Waals surface area contributed by atoms with Crippen LogP contribution < -0.4 is 16.4 Å². The van der Waals surface area contributed by atoms with Gasteiger partial charge in [-0.25, -0.2) is 0 Å². The second-order valence-electron chi connectivity index (χ2n) is 7.59. The summed E-state index contributed by atoms with van der Waals surface area (Å²) in [5, 5.41) is 44.3. The minimum atomic E-state index is -1.66. The van der Waals surface area contributed by atoms with Crippen LogP contribution in [0.4, 0.5) is 0 Å². The van der Waals surface area contributed by atoms with Gasteiger partial charge in [0, 0.05) is 18.3 Å². The van der Waals surface area contributed by atoms with Crippen LogP contribution in [-0.2, 0) is 23.9 Å². The van der Waals surface area contributed by atoms with E-state index < -0.39 is 73.0 Å². The highest BCUT2D eigenvalue weighted by molar-refractivity contribution is 7.80. The molecule has 2 bridgehead atoms. The molecule has 0 aromatic rings. The molecule has 0 aliphatic carbocycles. The molecule has 2 rings (SSSR count). The largest absolute Gasteiger partial charge is 0.481 e. The Morgan fingerprint density at radius 1 is 1.16 bits per heavy atom. The number of carbonyl (C=O) groups excluding carboxylic acids is 2. The van der Waals surface area contributed by atoms with Crippen LogP contribution in [0.1, 0.15) is 27.2 Å². The van der Waals surface area contributed by atoms with E-state index in [-0.39, 0.29) is 6.04 Å². The fourth-order valence-electron chi connectivity index (χ4n) is 3.16. The maximum Gasteiger partial charge on any atom is 0.305 e.